The number of carbonyl (C=O) groups is 1. The molecule has 1 aromatic heterocycles. The molecule has 6 heteroatoms. The highest BCUT2D eigenvalue weighted by molar-refractivity contribution is 5.79. The highest BCUT2D eigenvalue weighted by Crippen LogP contribution is 2.27. The van der Waals surface area contributed by atoms with Crippen molar-refractivity contribution in [1.29, 1.82) is 0 Å². The van der Waals surface area contributed by atoms with Gasteiger partial charge in [-0.1, -0.05) is 29.8 Å². The molecule has 0 saturated heterocycles. The van der Waals surface area contributed by atoms with Gasteiger partial charge in [0.25, 0.3) is 0 Å². The van der Waals surface area contributed by atoms with Crippen LogP contribution in [-0.4, -0.2) is 26.2 Å². The Kier molecular flexibility index (Phi) is 3.03. The molecule has 4 N–H and O–H groups in total. The predicted octanol–water partition coefficient (Wildman–Crippen LogP) is 1.18. The van der Waals surface area contributed by atoms with Crippen LogP contribution in [0, 0.1) is 6.92 Å². The molecular formula is C12H13N3O3. The molecule has 1 heterocycles. The van der Waals surface area contributed by atoms with Gasteiger partial charge in [-0.05, 0) is 6.92 Å². The van der Waals surface area contributed by atoms with E-state index in [1.165, 1.54) is 6.20 Å². The zero-order valence-corrected chi connectivity index (χ0v) is 9.74. The molecule has 1 aromatic carbocycles. The van der Waals surface area contributed by atoms with Crippen molar-refractivity contribution in [2.45, 2.75) is 13.0 Å². The lowest BCUT2D eigenvalue weighted by Gasteiger charge is -2.08. The number of rotatable bonds is 3. The van der Waals surface area contributed by atoms with Gasteiger partial charge in [0.15, 0.2) is 0 Å². The molecule has 18 heavy (non-hydrogen) atoms. The standard InChI is InChI=1S/C12H13N3O3/c1-7-2-4-8(5-3-7)11-9(6-14-15(11)18)10(13)12(16)17/h2-6,10,18H,13H2,1H3,(H,16,17). The molecule has 2 aromatic rings. The molecule has 0 radical (unpaired) electrons. The summed E-state index contributed by atoms with van der Waals surface area (Å²) in [6.45, 7) is 1.93. The van der Waals surface area contributed by atoms with Gasteiger partial charge in [0, 0.05) is 11.1 Å². The van der Waals surface area contributed by atoms with E-state index in [0.717, 1.165) is 5.56 Å². The average Bonchev–Trinajstić information content (AvgIpc) is 2.71. The van der Waals surface area contributed by atoms with Crippen molar-refractivity contribution in [3.8, 4) is 11.3 Å². The van der Waals surface area contributed by atoms with Crippen LogP contribution in [0.4, 0.5) is 0 Å². The van der Waals surface area contributed by atoms with Gasteiger partial charge in [-0.15, -0.1) is 9.94 Å². The van der Waals surface area contributed by atoms with Gasteiger partial charge >= 0.3 is 5.97 Å². The molecule has 0 saturated carbocycles. The number of hydrogen-bond donors (Lipinski definition) is 3. The van der Waals surface area contributed by atoms with E-state index in [2.05, 4.69) is 5.10 Å². The zero-order chi connectivity index (χ0) is 13.3. The number of aliphatic carboxylic acids is 1. The summed E-state index contributed by atoms with van der Waals surface area (Å²) < 4.78 is 0. The number of carboxylic acids is 1. The minimum atomic E-state index is -1.22. The van der Waals surface area contributed by atoms with Gasteiger partial charge in [-0.3, -0.25) is 4.79 Å². The van der Waals surface area contributed by atoms with E-state index in [0.29, 0.717) is 16.1 Å². The first-order valence-electron chi connectivity index (χ1n) is 5.33. The molecule has 0 bridgehead atoms. The maximum Gasteiger partial charge on any atom is 0.325 e. The number of hydrogen-bond acceptors (Lipinski definition) is 4. The normalized spacial score (nSPS) is 12.3. The first kappa shape index (κ1) is 12.1. The Morgan fingerprint density at radius 3 is 2.56 bits per heavy atom. The van der Waals surface area contributed by atoms with E-state index < -0.39 is 12.0 Å². The lowest BCUT2D eigenvalue weighted by molar-refractivity contribution is -0.138. The molecule has 0 aliphatic rings. The van der Waals surface area contributed by atoms with E-state index in [9.17, 15) is 10.0 Å². The van der Waals surface area contributed by atoms with Gasteiger partial charge < -0.3 is 16.0 Å². The zero-order valence-electron chi connectivity index (χ0n) is 9.74. The van der Waals surface area contributed by atoms with Crippen LogP contribution in [0.15, 0.2) is 30.5 Å². The fourth-order valence-electron chi connectivity index (χ4n) is 1.71. The summed E-state index contributed by atoms with van der Waals surface area (Å²) >= 11 is 0. The molecule has 0 fully saturated rings. The summed E-state index contributed by atoms with van der Waals surface area (Å²) in [6.07, 6.45) is 1.26. The maximum atomic E-state index is 10.9. The topological polar surface area (TPSA) is 101 Å². The Balaban J connectivity index is 2.53. The lowest BCUT2D eigenvalue weighted by Crippen LogP contribution is -2.21. The van der Waals surface area contributed by atoms with Gasteiger partial charge in [0.05, 0.1) is 6.20 Å². The molecule has 0 aliphatic heterocycles. The first-order chi connectivity index (χ1) is 8.50. The van der Waals surface area contributed by atoms with E-state index >= 15 is 0 Å². The number of nitrogens with two attached hydrogens (primary N) is 1. The van der Waals surface area contributed by atoms with Crippen molar-refractivity contribution in [2.75, 3.05) is 0 Å². The monoisotopic (exact) mass is 247 g/mol. The summed E-state index contributed by atoms with van der Waals surface area (Å²) in [5, 5.41) is 22.2. The van der Waals surface area contributed by atoms with E-state index in [4.69, 9.17) is 10.8 Å². The van der Waals surface area contributed by atoms with Gasteiger partial charge in [-0.2, -0.15) is 0 Å². The second-order valence-electron chi connectivity index (χ2n) is 4.02. The van der Waals surface area contributed by atoms with Crippen LogP contribution >= 0.6 is 0 Å². The molecular weight excluding hydrogens is 234 g/mol. The van der Waals surface area contributed by atoms with Gasteiger partial charge in [-0.25, -0.2) is 0 Å². The first-order valence-corrected chi connectivity index (χ1v) is 5.33. The highest BCUT2D eigenvalue weighted by atomic mass is 16.5. The molecule has 1 unspecified atom stereocenters. The molecule has 6 nitrogen and oxygen atoms in total. The Morgan fingerprint density at radius 1 is 1.39 bits per heavy atom. The number of aryl methyl sites for hydroxylation is 1. The summed E-state index contributed by atoms with van der Waals surface area (Å²) in [5.74, 6) is -1.17. The van der Waals surface area contributed by atoms with Crippen molar-refractivity contribution in [3.63, 3.8) is 0 Å². The van der Waals surface area contributed by atoms with E-state index in [1.54, 1.807) is 12.1 Å². The lowest BCUT2D eigenvalue weighted by atomic mass is 10.0. The van der Waals surface area contributed by atoms with Crippen molar-refractivity contribution in [2.24, 2.45) is 5.73 Å². The van der Waals surface area contributed by atoms with Gasteiger partial charge in [0.1, 0.15) is 11.7 Å². The molecule has 0 spiro atoms. The molecule has 0 amide bonds. The highest BCUT2D eigenvalue weighted by Gasteiger charge is 2.23. The van der Waals surface area contributed by atoms with E-state index in [1.807, 2.05) is 19.1 Å². The maximum absolute atomic E-state index is 10.9. The fourth-order valence-corrected chi connectivity index (χ4v) is 1.71. The second-order valence-corrected chi connectivity index (χ2v) is 4.02. The SMILES string of the molecule is Cc1ccc(-c2c(C(N)C(=O)O)cnn2O)cc1. The van der Waals surface area contributed by atoms with E-state index in [-0.39, 0.29) is 5.56 Å². The number of nitrogens with zero attached hydrogens (tertiary/aromatic N) is 2. The largest absolute Gasteiger partial charge is 0.480 e. The average molecular weight is 247 g/mol. The van der Waals surface area contributed by atoms with Crippen molar-refractivity contribution in [3.05, 3.63) is 41.6 Å². The minimum absolute atomic E-state index is 0.272. The molecule has 1 atom stereocenters. The minimum Gasteiger partial charge on any atom is -0.480 e. The van der Waals surface area contributed by atoms with Crippen molar-refractivity contribution >= 4 is 5.97 Å². The third-order valence-electron chi connectivity index (χ3n) is 2.71. The molecule has 94 valence electrons. The molecule has 2 rings (SSSR count). The molecule has 0 aliphatic carbocycles. The Morgan fingerprint density at radius 2 is 2.00 bits per heavy atom. The van der Waals surface area contributed by atoms with Crippen LogP contribution in [0.5, 0.6) is 0 Å². The Hall–Kier alpha value is -2.34. The smallest absolute Gasteiger partial charge is 0.325 e. The second kappa shape index (κ2) is 4.50. The quantitative estimate of drug-likeness (QED) is 0.707. The Bertz CT molecular complexity index is 575. The predicted molar refractivity (Wildman–Crippen MR) is 64.1 cm³/mol. The third-order valence-corrected chi connectivity index (χ3v) is 2.71. The summed E-state index contributed by atoms with van der Waals surface area (Å²) in [4.78, 5) is 11.5. The third kappa shape index (κ3) is 2.05. The van der Waals surface area contributed by atoms with Crippen LogP contribution in [0.25, 0.3) is 11.3 Å². The van der Waals surface area contributed by atoms with Crippen LogP contribution in [0.2, 0.25) is 0 Å². The van der Waals surface area contributed by atoms with Crippen LogP contribution in [-0.2, 0) is 4.79 Å². The summed E-state index contributed by atoms with van der Waals surface area (Å²) in [7, 11) is 0. The summed E-state index contributed by atoms with van der Waals surface area (Å²) in [6, 6.07) is 6.05. The van der Waals surface area contributed by atoms with Crippen molar-refractivity contribution in [1.82, 2.24) is 9.94 Å². The summed E-state index contributed by atoms with van der Waals surface area (Å²) in [5.41, 5.74) is 7.84. The van der Waals surface area contributed by atoms with Crippen LogP contribution < -0.4 is 5.73 Å². The number of benzene rings is 1. The van der Waals surface area contributed by atoms with Crippen molar-refractivity contribution < 1.29 is 15.1 Å². The Labute approximate surface area is 103 Å². The number of aromatic nitrogens is 2. The number of carboxylic acid groups (broad SMARTS) is 1. The van der Waals surface area contributed by atoms with Gasteiger partial charge in [0.2, 0.25) is 0 Å². The fraction of sp³-hybridized carbons (Fsp3) is 0.167. The van der Waals surface area contributed by atoms with Crippen LogP contribution in [0.3, 0.4) is 0 Å². The van der Waals surface area contributed by atoms with Crippen LogP contribution in [0.1, 0.15) is 17.2 Å².